The molecular weight excluding hydrogens is 372 g/mol. The molecule has 154 valence electrons. The lowest BCUT2D eigenvalue weighted by Gasteiger charge is -2.36. The smallest absolute Gasteiger partial charge is 0.223 e. The number of pyridine rings is 1. The summed E-state index contributed by atoms with van der Waals surface area (Å²) in [5, 5.41) is 10.8. The van der Waals surface area contributed by atoms with Gasteiger partial charge in [0.2, 0.25) is 5.43 Å². The molecule has 6 nitrogen and oxygen atoms in total. The van der Waals surface area contributed by atoms with Crippen LogP contribution < -0.4 is 16.0 Å². The van der Waals surface area contributed by atoms with Crippen molar-refractivity contribution < 1.29 is 14.3 Å². The molecule has 1 heterocycles. The zero-order valence-electron chi connectivity index (χ0n) is 17.4. The Kier molecular flexibility index (Phi) is 7.09. The summed E-state index contributed by atoms with van der Waals surface area (Å²) in [5.74, 6) is 6.07. The van der Waals surface area contributed by atoms with Crippen molar-refractivity contribution in [2.24, 2.45) is 0 Å². The van der Waals surface area contributed by atoms with Gasteiger partial charge in [-0.3, -0.25) is 9.47 Å². The van der Waals surface area contributed by atoms with Crippen LogP contribution >= 0.6 is 0 Å². The number of rotatable bonds is 8. The van der Waals surface area contributed by atoms with E-state index in [1.807, 2.05) is 30.3 Å². The summed E-state index contributed by atoms with van der Waals surface area (Å²) in [6.07, 6.45) is 0.800. The van der Waals surface area contributed by atoms with Gasteiger partial charge in [-0.1, -0.05) is 51.1 Å². The van der Waals surface area contributed by atoms with Gasteiger partial charge in [-0.2, -0.15) is 0 Å². The molecule has 1 atom stereocenters. The molecule has 1 unspecified atom stereocenters. The number of benzene rings is 1. The summed E-state index contributed by atoms with van der Waals surface area (Å²) < 4.78 is 13.1. The van der Waals surface area contributed by atoms with Crippen molar-refractivity contribution in [2.75, 3.05) is 12.4 Å². The lowest BCUT2D eigenvalue weighted by atomic mass is 10.1. The van der Waals surface area contributed by atoms with E-state index in [0.29, 0.717) is 13.0 Å². The average Bonchev–Trinajstić information content (AvgIpc) is 2.62. The molecule has 7 heteroatoms. The van der Waals surface area contributed by atoms with Gasteiger partial charge in [0, 0.05) is 25.3 Å². The Bertz CT molecular complexity index is 829. The number of nitrogens with two attached hydrogens (primary N) is 1. The van der Waals surface area contributed by atoms with E-state index >= 15 is 0 Å². The number of ether oxygens (including phenoxy) is 1. The average molecular weight is 405 g/mol. The van der Waals surface area contributed by atoms with E-state index < -0.39 is 14.4 Å². The lowest BCUT2D eigenvalue weighted by molar-refractivity contribution is 0.124. The van der Waals surface area contributed by atoms with Crippen molar-refractivity contribution in [3.63, 3.8) is 0 Å². The molecule has 0 aliphatic carbocycles. The maximum atomic E-state index is 12.4. The Morgan fingerprint density at radius 1 is 1.18 bits per heavy atom. The van der Waals surface area contributed by atoms with Crippen molar-refractivity contribution in [1.82, 2.24) is 4.68 Å². The van der Waals surface area contributed by atoms with Crippen LogP contribution in [0.1, 0.15) is 44.6 Å². The van der Waals surface area contributed by atoms with Crippen LogP contribution in [0.5, 0.6) is 5.75 Å². The first kappa shape index (κ1) is 22.2. The molecule has 28 heavy (non-hydrogen) atoms. The molecule has 0 aliphatic heterocycles. The number of nitrogen functional groups attached to an aromatic ring is 1. The Balaban J connectivity index is 2.13. The molecule has 0 spiro atoms. The maximum Gasteiger partial charge on any atom is 0.223 e. The van der Waals surface area contributed by atoms with Gasteiger partial charge in [0.05, 0.1) is 0 Å². The first-order valence-electron chi connectivity index (χ1n) is 9.52. The van der Waals surface area contributed by atoms with Gasteiger partial charge in [-0.05, 0) is 23.7 Å². The minimum Gasteiger partial charge on any atom is -0.483 e. The molecule has 1 aromatic heterocycles. The quantitative estimate of drug-likeness (QED) is 0.519. The summed E-state index contributed by atoms with van der Waals surface area (Å²) in [4.78, 5) is 12.4. The minimum atomic E-state index is -1.91. The second-order valence-corrected chi connectivity index (χ2v) is 13.3. The van der Waals surface area contributed by atoms with Crippen LogP contribution in [0.4, 0.5) is 0 Å². The highest BCUT2D eigenvalue weighted by Crippen LogP contribution is 2.37. The Labute approximate surface area is 168 Å². The first-order chi connectivity index (χ1) is 13.0. The zero-order valence-corrected chi connectivity index (χ0v) is 18.4. The van der Waals surface area contributed by atoms with E-state index in [-0.39, 0.29) is 28.5 Å². The fraction of sp³-hybridized carbons (Fsp3) is 0.476. The number of hydrogen-bond acceptors (Lipinski definition) is 5. The molecule has 0 bridgehead atoms. The van der Waals surface area contributed by atoms with E-state index in [1.54, 1.807) is 0 Å². The molecular formula is C21H32N2O4Si. The number of aliphatic hydroxyl groups is 1. The summed E-state index contributed by atoms with van der Waals surface area (Å²) in [7, 11) is -1.91. The molecule has 0 saturated carbocycles. The summed E-state index contributed by atoms with van der Waals surface area (Å²) in [5.41, 5.74) is 0.885. The summed E-state index contributed by atoms with van der Waals surface area (Å²) in [6.45, 7) is 11.4. The topological polar surface area (TPSA) is 86.7 Å². The predicted molar refractivity (Wildman–Crippen MR) is 114 cm³/mol. The molecule has 0 aliphatic rings. The largest absolute Gasteiger partial charge is 0.483 e. The predicted octanol–water partition coefficient (Wildman–Crippen LogP) is 3.59. The van der Waals surface area contributed by atoms with Crippen LogP contribution in [-0.2, 0) is 11.0 Å². The number of nitrogens with zero attached hydrogens (tertiary/aromatic N) is 1. The zero-order chi connectivity index (χ0) is 20.9. The monoisotopic (exact) mass is 404 g/mol. The van der Waals surface area contributed by atoms with Crippen molar-refractivity contribution in [2.45, 2.75) is 58.0 Å². The molecule has 1 aromatic carbocycles. The van der Waals surface area contributed by atoms with E-state index in [2.05, 4.69) is 33.9 Å². The number of aromatic nitrogens is 1. The van der Waals surface area contributed by atoms with Crippen LogP contribution in [0, 0.1) is 0 Å². The van der Waals surface area contributed by atoms with Crippen LogP contribution in [0.3, 0.4) is 0 Å². The molecule has 2 rings (SSSR count). The van der Waals surface area contributed by atoms with E-state index in [9.17, 15) is 9.90 Å². The van der Waals surface area contributed by atoms with Gasteiger partial charge >= 0.3 is 0 Å². The van der Waals surface area contributed by atoms with E-state index in [0.717, 1.165) is 5.56 Å². The van der Waals surface area contributed by atoms with Crippen LogP contribution in [-0.4, -0.2) is 24.7 Å². The summed E-state index contributed by atoms with van der Waals surface area (Å²) in [6, 6.07) is 10.9. The summed E-state index contributed by atoms with van der Waals surface area (Å²) >= 11 is 0. The van der Waals surface area contributed by atoms with Crippen LogP contribution in [0.2, 0.25) is 18.1 Å². The van der Waals surface area contributed by atoms with Crippen molar-refractivity contribution >= 4 is 8.32 Å². The van der Waals surface area contributed by atoms with E-state index in [1.165, 1.54) is 16.9 Å². The normalized spacial score (nSPS) is 13.4. The van der Waals surface area contributed by atoms with E-state index in [4.69, 9.17) is 15.0 Å². The molecule has 0 fully saturated rings. The van der Waals surface area contributed by atoms with Gasteiger partial charge in [-0.25, -0.2) is 0 Å². The van der Waals surface area contributed by atoms with Gasteiger partial charge in [0.25, 0.3) is 0 Å². The van der Waals surface area contributed by atoms with Crippen molar-refractivity contribution in [3.05, 3.63) is 64.1 Å². The lowest BCUT2D eigenvalue weighted by Crippen LogP contribution is -2.41. The standard InChI is InChI=1S/C21H32N2O4Si/c1-21(2,3)28(4,5)27-14-12-17(24)19-20(18(25)11-13-23(19)22)26-15-16-9-7-6-8-10-16/h6-11,13,17,24H,12,14-15,22H2,1-5H3. The molecule has 2 aromatic rings. The SMILES string of the molecule is CC(C)(C)[Si](C)(C)OCCC(O)c1c(OCc2ccccc2)c(=O)ccn1N. The minimum absolute atomic E-state index is 0.0775. The van der Waals surface area contributed by atoms with Crippen molar-refractivity contribution in [3.8, 4) is 5.75 Å². The Hall–Kier alpha value is -2.09. The van der Waals surface area contributed by atoms with Crippen LogP contribution in [0.25, 0.3) is 0 Å². The highest BCUT2D eigenvalue weighted by molar-refractivity contribution is 6.74. The molecule has 0 radical (unpaired) electrons. The van der Waals surface area contributed by atoms with Gasteiger partial charge in [0.1, 0.15) is 18.4 Å². The second-order valence-electron chi connectivity index (χ2n) is 8.49. The fourth-order valence-electron chi connectivity index (χ4n) is 2.52. The second kappa shape index (κ2) is 8.94. The first-order valence-corrected chi connectivity index (χ1v) is 12.4. The van der Waals surface area contributed by atoms with Crippen molar-refractivity contribution in [1.29, 1.82) is 0 Å². The fourth-order valence-corrected chi connectivity index (χ4v) is 3.59. The highest BCUT2D eigenvalue weighted by atomic mass is 28.4. The number of aliphatic hydroxyl groups excluding tert-OH is 1. The Morgan fingerprint density at radius 2 is 1.82 bits per heavy atom. The molecule has 0 amide bonds. The third kappa shape index (κ3) is 5.47. The third-order valence-electron chi connectivity index (χ3n) is 5.32. The number of hydrogen-bond donors (Lipinski definition) is 2. The van der Waals surface area contributed by atoms with Gasteiger partial charge in [0.15, 0.2) is 14.1 Å². The Morgan fingerprint density at radius 3 is 2.43 bits per heavy atom. The highest BCUT2D eigenvalue weighted by Gasteiger charge is 2.37. The van der Waals surface area contributed by atoms with Crippen LogP contribution in [0.15, 0.2) is 47.4 Å². The maximum absolute atomic E-state index is 12.4. The molecule has 0 saturated heterocycles. The molecule has 3 N–H and O–H groups in total. The van der Waals surface area contributed by atoms with Gasteiger partial charge in [-0.15, -0.1) is 0 Å². The third-order valence-corrected chi connectivity index (χ3v) is 9.86. The van der Waals surface area contributed by atoms with Gasteiger partial charge < -0.3 is 20.1 Å².